The summed E-state index contributed by atoms with van der Waals surface area (Å²) >= 11 is 7.11. The number of halogens is 1. The Morgan fingerprint density at radius 2 is 1.95 bits per heavy atom. The molecule has 0 saturated carbocycles. The standard InChI is InChI=1S/C14H19BrN4S2/c1-2-3-13-16-17-14(21-13)19-8-6-18(7-9-19)10-11-4-5-12(15)20-11/h4-5H,2-3,6-10H2,1H3. The summed E-state index contributed by atoms with van der Waals surface area (Å²) in [6, 6.07) is 4.34. The summed E-state index contributed by atoms with van der Waals surface area (Å²) in [5.41, 5.74) is 0. The van der Waals surface area contributed by atoms with Gasteiger partial charge in [-0.25, -0.2) is 0 Å². The average Bonchev–Trinajstić information content (AvgIpc) is 3.10. The van der Waals surface area contributed by atoms with Crippen LogP contribution < -0.4 is 4.90 Å². The van der Waals surface area contributed by atoms with E-state index in [2.05, 4.69) is 55.0 Å². The molecule has 0 unspecified atom stereocenters. The molecule has 4 nitrogen and oxygen atoms in total. The molecule has 0 spiro atoms. The van der Waals surface area contributed by atoms with Gasteiger partial charge in [0.05, 0.1) is 3.79 Å². The molecule has 2 aromatic heterocycles. The Morgan fingerprint density at radius 3 is 2.62 bits per heavy atom. The number of aromatic nitrogens is 2. The minimum atomic E-state index is 1.05. The van der Waals surface area contributed by atoms with Gasteiger partial charge in [0.25, 0.3) is 0 Å². The van der Waals surface area contributed by atoms with Gasteiger partial charge in [0.1, 0.15) is 5.01 Å². The first-order valence-corrected chi connectivity index (χ1v) is 9.71. The van der Waals surface area contributed by atoms with Crippen LogP contribution in [0, 0.1) is 0 Å². The van der Waals surface area contributed by atoms with E-state index in [1.807, 2.05) is 11.3 Å². The van der Waals surface area contributed by atoms with Gasteiger partial charge in [-0.3, -0.25) is 4.90 Å². The Morgan fingerprint density at radius 1 is 1.14 bits per heavy atom. The van der Waals surface area contributed by atoms with Crippen molar-refractivity contribution >= 4 is 43.7 Å². The van der Waals surface area contributed by atoms with Crippen LogP contribution in [0.5, 0.6) is 0 Å². The molecule has 3 heterocycles. The highest BCUT2D eigenvalue weighted by Crippen LogP contribution is 2.25. The summed E-state index contributed by atoms with van der Waals surface area (Å²) in [6.45, 7) is 7.53. The van der Waals surface area contributed by atoms with Gasteiger partial charge in [0.15, 0.2) is 0 Å². The van der Waals surface area contributed by atoms with Crippen molar-refractivity contribution in [1.29, 1.82) is 0 Å². The van der Waals surface area contributed by atoms with Crippen molar-refractivity contribution < 1.29 is 0 Å². The van der Waals surface area contributed by atoms with E-state index in [0.717, 1.165) is 50.7 Å². The lowest BCUT2D eigenvalue weighted by Gasteiger charge is -2.34. The lowest BCUT2D eigenvalue weighted by molar-refractivity contribution is 0.252. The third-order valence-electron chi connectivity index (χ3n) is 3.57. The fraction of sp³-hybridized carbons (Fsp3) is 0.571. The van der Waals surface area contributed by atoms with E-state index in [-0.39, 0.29) is 0 Å². The summed E-state index contributed by atoms with van der Waals surface area (Å²) in [7, 11) is 0. The molecule has 0 bridgehead atoms. The van der Waals surface area contributed by atoms with E-state index in [4.69, 9.17) is 0 Å². The van der Waals surface area contributed by atoms with Crippen molar-refractivity contribution in [2.45, 2.75) is 26.3 Å². The van der Waals surface area contributed by atoms with Gasteiger partial charge in [-0.1, -0.05) is 18.3 Å². The van der Waals surface area contributed by atoms with Crippen LogP contribution in [0.2, 0.25) is 0 Å². The maximum absolute atomic E-state index is 4.34. The van der Waals surface area contributed by atoms with Gasteiger partial charge in [0.2, 0.25) is 5.13 Å². The molecule has 0 radical (unpaired) electrons. The van der Waals surface area contributed by atoms with Gasteiger partial charge in [-0.2, -0.15) is 0 Å². The van der Waals surface area contributed by atoms with Gasteiger partial charge >= 0.3 is 0 Å². The monoisotopic (exact) mass is 386 g/mol. The Kier molecular flexibility index (Phi) is 5.26. The summed E-state index contributed by atoms with van der Waals surface area (Å²) in [5.74, 6) is 0. The number of piperazine rings is 1. The number of aryl methyl sites for hydroxylation is 1. The van der Waals surface area contributed by atoms with Crippen molar-refractivity contribution in [2.75, 3.05) is 31.1 Å². The molecule has 1 saturated heterocycles. The third-order valence-corrected chi connectivity index (χ3v) is 6.22. The van der Waals surface area contributed by atoms with Gasteiger partial charge < -0.3 is 4.90 Å². The Bertz CT molecular complexity index is 575. The Hall–Kier alpha value is -0.500. The predicted octanol–water partition coefficient (Wildman–Crippen LogP) is 3.64. The summed E-state index contributed by atoms with van der Waals surface area (Å²) < 4.78 is 1.22. The van der Waals surface area contributed by atoms with E-state index < -0.39 is 0 Å². The lowest BCUT2D eigenvalue weighted by Crippen LogP contribution is -2.45. The highest BCUT2D eigenvalue weighted by molar-refractivity contribution is 9.11. The minimum Gasteiger partial charge on any atom is -0.344 e. The van der Waals surface area contributed by atoms with Crippen molar-refractivity contribution in [1.82, 2.24) is 15.1 Å². The van der Waals surface area contributed by atoms with Crippen LogP contribution in [0.25, 0.3) is 0 Å². The highest BCUT2D eigenvalue weighted by Gasteiger charge is 2.20. The van der Waals surface area contributed by atoms with Crippen molar-refractivity contribution in [3.63, 3.8) is 0 Å². The van der Waals surface area contributed by atoms with Crippen LogP contribution in [0.3, 0.4) is 0 Å². The second-order valence-electron chi connectivity index (χ2n) is 5.20. The fourth-order valence-electron chi connectivity index (χ4n) is 2.44. The molecule has 0 aromatic carbocycles. The van der Waals surface area contributed by atoms with Crippen molar-refractivity contribution in [3.05, 3.63) is 25.8 Å². The minimum absolute atomic E-state index is 1.05. The van der Waals surface area contributed by atoms with Crippen LogP contribution in [0.15, 0.2) is 15.9 Å². The number of hydrogen-bond acceptors (Lipinski definition) is 6. The highest BCUT2D eigenvalue weighted by atomic mass is 79.9. The fourth-order valence-corrected chi connectivity index (χ4v) is 4.96. The van der Waals surface area contributed by atoms with E-state index in [0.29, 0.717) is 0 Å². The molecule has 0 aliphatic carbocycles. The number of nitrogens with zero attached hydrogens (tertiary/aromatic N) is 4. The lowest BCUT2D eigenvalue weighted by atomic mass is 10.3. The molecule has 2 aromatic rings. The quantitative estimate of drug-likeness (QED) is 0.784. The normalized spacial score (nSPS) is 16.6. The first-order chi connectivity index (χ1) is 10.2. The number of anilines is 1. The SMILES string of the molecule is CCCc1nnc(N2CCN(Cc3ccc(Br)s3)CC2)s1. The molecule has 114 valence electrons. The van der Waals surface area contributed by atoms with Gasteiger partial charge in [0, 0.05) is 44.0 Å². The topological polar surface area (TPSA) is 32.3 Å². The summed E-state index contributed by atoms with van der Waals surface area (Å²) in [6.07, 6.45) is 2.18. The van der Waals surface area contributed by atoms with Crippen LogP contribution in [-0.2, 0) is 13.0 Å². The largest absolute Gasteiger partial charge is 0.344 e. The summed E-state index contributed by atoms with van der Waals surface area (Å²) in [5, 5.41) is 10.9. The zero-order valence-electron chi connectivity index (χ0n) is 12.1. The van der Waals surface area contributed by atoms with E-state index in [1.54, 1.807) is 11.3 Å². The molecule has 1 aliphatic rings. The average molecular weight is 387 g/mol. The Labute approximate surface area is 141 Å². The molecule has 21 heavy (non-hydrogen) atoms. The maximum atomic E-state index is 4.34. The molecule has 1 fully saturated rings. The van der Waals surface area contributed by atoms with Crippen LogP contribution in [0.4, 0.5) is 5.13 Å². The number of thiophene rings is 1. The van der Waals surface area contributed by atoms with E-state index >= 15 is 0 Å². The van der Waals surface area contributed by atoms with E-state index in [1.165, 1.54) is 13.7 Å². The smallest absolute Gasteiger partial charge is 0.208 e. The zero-order valence-corrected chi connectivity index (χ0v) is 15.3. The zero-order chi connectivity index (χ0) is 14.7. The summed E-state index contributed by atoms with van der Waals surface area (Å²) in [4.78, 5) is 6.32. The molecule has 0 N–H and O–H groups in total. The second kappa shape index (κ2) is 7.17. The maximum Gasteiger partial charge on any atom is 0.208 e. The molecule has 0 amide bonds. The molecule has 0 atom stereocenters. The number of rotatable bonds is 5. The second-order valence-corrected chi connectivity index (χ2v) is 8.79. The van der Waals surface area contributed by atoms with Crippen LogP contribution in [-0.4, -0.2) is 41.3 Å². The van der Waals surface area contributed by atoms with Crippen molar-refractivity contribution in [3.8, 4) is 0 Å². The van der Waals surface area contributed by atoms with Gasteiger partial charge in [-0.15, -0.1) is 21.5 Å². The van der Waals surface area contributed by atoms with Gasteiger partial charge in [-0.05, 0) is 34.5 Å². The van der Waals surface area contributed by atoms with Crippen LogP contribution >= 0.6 is 38.6 Å². The first kappa shape index (κ1) is 15.4. The predicted molar refractivity (Wildman–Crippen MR) is 93.4 cm³/mol. The molecule has 1 aliphatic heterocycles. The third kappa shape index (κ3) is 4.03. The Balaban J connectivity index is 1.52. The molecule has 3 rings (SSSR count). The molecular weight excluding hydrogens is 368 g/mol. The first-order valence-electron chi connectivity index (χ1n) is 7.28. The van der Waals surface area contributed by atoms with E-state index in [9.17, 15) is 0 Å². The number of hydrogen-bond donors (Lipinski definition) is 0. The van der Waals surface area contributed by atoms with Crippen LogP contribution in [0.1, 0.15) is 23.2 Å². The van der Waals surface area contributed by atoms with Crippen molar-refractivity contribution in [2.24, 2.45) is 0 Å². The molecular formula is C14H19BrN4S2. The molecule has 7 heteroatoms.